The van der Waals surface area contributed by atoms with Gasteiger partial charge in [0.2, 0.25) is 5.91 Å². The van der Waals surface area contributed by atoms with Gasteiger partial charge in [-0.15, -0.1) is 0 Å². The number of likely N-dealkylation sites (tertiary alicyclic amines) is 1. The summed E-state index contributed by atoms with van der Waals surface area (Å²) >= 11 is 0. The normalized spacial score (nSPS) is 20.9. The summed E-state index contributed by atoms with van der Waals surface area (Å²) in [6.45, 7) is 2.35. The molecule has 3 rings (SSSR count). The number of piperidine rings is 1. The first-order chi connectivity index (χ1) is 11.0. The molecule has 6 heteroatoms. The van der Waals surface area contributed by atoms with Crippen molar-refractivity contribution in [3.8, 4) is 0 Å². The average Bonchev–Trinajstić information content (AvgIpc) is 2.80. The van der Waals surface area contributed by atoms with Crippen LogP contribution < -0.4 is 0 Å². The van der Waals surface area contributed by atoms with E-state index in [-0.39, 0.29) is 29.6 Å². The Balaban J connectivity index is 1.79. The van der Waals surface area contributed by atoms with Crippen molar-refractivity contribution >= 4 is 17.7 Å². The van der Waals surface area contributed by atoms with Gasteiger partial charge in [-0.25, -0.2) is 4.39 Å². The molecule has 5 nitrogen and oxygen atoms in total. The molecule has 1 aromatic carbocycles. The lowest BCUT2D eigenvalue weighted by Gasteiger charge is -2.36. The lowest BCUT2D eigenvalue weighted by Crippen LogP contribution is -2.48. The highest BCUT2D eigenvalue weighted by molar-refractivity contribution is 6.22. The fourth-order valence-corrected chi connectivity index (χ4v) is 3.42. The number of hydrogen-bond acceptors (Lipinski definition) is 3. The van der Waals surface area contributed by atoms with Crippen molar-refractivity contribution in [1.82, 2.24) is 9.80 Å². The SMILES string of the molecule is CCC1CCCCN1C(=O)CN1C(=O)c2cccc(F)c2C1=O. The zero-order valence-corrected chi connectivity index (χ0v) is 13.0. The van der Waals surface area contributed by atoms with Gasteiger partial charge in [-0.1, -0.05) is 13.0 Å². The van der Waals surface area contributed by atoms with Crippen LogP contribution in [0.4, 0.5) is 4.39 Å². The van der Waals surface area contributed by atoms with E-state index in [9.17, 15) is 18.8 Å². The van der Waals surface area contributed by atoms with E-state index in [1.54, 1.807) is 4.90 Å². The Morgan fingerprint density at radius 2 is 2.04 bits per heavy atom. The number of imide groups is 1. The Bertz CT molecular complexity index is 674. The highest BCUT2D eigenvalue weighted by Gasteiger charge is 2.40. The second-order valence-corrected chi connectivity index (χ2v) is 6.00. The molecule has 0 saturated carbocycles. The number of fused-ring (bicyclic) bond motifs is 1. The van der Waals surface area contributed by atoms with Gasteiger partial charge in [-0.3, -0.25) is 19.3 Å². The van der Waals surface area contributed by atoms with Gasteiger partial charge in [0, 0.05) is 12.6 Å². The van der Waals surface area contributed by atoms with Crippen molar-refractivity contribution in [2.75, 3.05) is 13.1 Å². The van der Waals surface area contributed by atoms with Crippen molar-refractivity contribution in [3.05, 3.63) is 35.1 Å². The van der Waals surface area contributed by atoms with E-state index in [0.717, 1.165) is 36.6 Å². The number of halogens is 1. The zero-order valence-electron chi connectivity index (χ0n) is 13.0. The molecule has 2 aliphatic heterocycles. The fourth-order valence-electron chi connectivity index (χ4n) is 3.42. The Labute approximate surface area is 134 Å². The van der Waals surface area contributed by atoms with Crippen LogP contribution in [-0.4, -0.2) is 46.7 Å². The number of amides is 3. The summed E-state index contributed by atoms with van der Waals surface area (Å²) < 4.78 is 13.8. The fraction of sp³-hybridized carbons (Fsp3) is 0.471. The summed E-state index contributed by atoms with van der Waals surface area (Å²) in [6.07, 6.45) is 3.81. The van der Waals surface area contributed by atoms with Gasteiger partial charge in [0.15, 0.2) is 0 Å². The molecule has 0 spiro atoms. The van der Waals surface area contributed by atoms with E-state index in [2.05, 4.69) is 0 Å². The number of nitrogens with zero attached hydrogens (tertiary/aromatic N) is 2. The van der Waals surface area contributed by atoms with Crippen LogP contribution in [0.5, 0.6) is 0 Å². The molecule has 1 saturated heterocycles. The monoisotopic (exact) mass is 318 g/mol. The van der Waals surface area contributed by atoms with Gasteiger partial charge < -0.3 is 4.90 Å². The van der Waals surface area contributed by atoms with Gasteiger partial charge >= 0.3 is 0 Å². The van der Waals surface area contributed by atoms with Gasteiger partial charge in [0.05, 0.1) is 11.1 Å². The minimum atomic E-state index is -0.722. The van der Waals surface area contributed by atoms with E-state index in [1.807, 2.05) is 6.92 Å². The summed E-state index contributed by atoms with van der Waals surface area (Å²) in [5.41, 5.74) is -0.190. The molecule has 0 N–H and O–H groups in total. The first-order valence-electron chi connectivity index (χ1n) is 7.98. The summed E-state index contributed by atoms with van der Waals surface area (Å²) in [7, 11) is 0. The topological polar surface area (TPSA) is 57.7 Å². The molecule has 0 aromatic heterocycles. The van der Waals surface area contributed by atoms with Crippen LogP contribution in [0.25, 0.3) is 0 Å². The Morgan fingerprint density at radius 1 is 1.26 bits per heavy atom. The molecule has 2 aliphatic rings. The minimum Gasteiger partial charge on any atom is -0.338 e. The van der Waals surface area contributed by atoms with Crippen LogP contribution in [0.15, 0.2) is 18.2 Å². The maximum absolute atomic E-state index is 13.8. The van der Waals surface area contributed by atoms with E-state index in [4.69, 9.17) is 0 Å². The van der Waals surface area contributed by atoms with Gasteiger partial charge in [0.1, 0.15) is 12.4 Å². The molecule has 0 aliphatic carbocycles. The van der Waals surface area contributed by atoms with Crippen LogP contribution in [0.1, 0.15) is 53.3 Å². The zero-order chi connectivity index (χ0) is 16.6. The summed E-state index contributed by atoms with van der Waals surface area (Å²) in [4.78, 5) is 39.7. The highest BCUT2D eigenvalue weighted by atomic mass is 19.1. The van der Waals surface area contributed by atoms with Gasteiger partial charge in [-0.2, -0.15) is 0 Å². The molecule has 1 unspecified atom stereocenters. The molecule has 1 aromatic rings. The third kappa shape index (κ3) is 2.62. The average molecular weight is 318 g/mol. The molecule has 0 radical (unpaired) electrons. The standard InChI is InChI=1S/C17H19FN2O3/c1-2-11-6-3-4-9-19(11)14(21)10-20-16(22)12-7-5-8-13(18)15(12)17(20)23/h5,7-8,11H,2-4,6,9-10H2,1H3. The smallest absolute Gasteiger partial charge is 0.265 e. The van der Waals surface area contributed by atoms with Crippen LogP contribution in [0, 0.1) is 5.82 Å². The van der Waals surface area contributed by atoms with Crippen molar-refractivity contribution in [2.24, 2.45) is 0 Å². The lowest BCUT2D eigenvalue weighted by molar-refractivity contribution is -0.135. The number of hydrogen-bond donors (Lipinski definition) is 0. The Hall–Kier alpha value is -2.24. The molecule has 2 heterocycles. The number of carbonyl (C=O) groups excluding carboxylic acids is 3. The van der Waals surface area contributed by atoms with E-state index < -0.39 is 17.6 Å². The quantitative estimate of drug-likeness (QED) is 0.803. The summed E-state index contributed by atoms with van der Waals surface area (Å²) in [5.74, 6) is -2.28. The molecule has 0 bridgehead atoms. The maximum Gasteiger partial charge on any atom is 0.265 e. The van der Waals surface area contributed by atoms with Crippen molar-refractivity contribution < 1.29 is 18.8 Å². The first kappa shape index (κ1) is 15.6. The van der Waals surface area contributed by atoms with Crippen LogP contribution in [0.2, 0.25) is 0 Å². The number of carbonyl (C=O) groups is 3. The minimum absolute atomic E-state index is 0.0356. The van der Waals surface area contributed by atoms with Crippen LogP contribution in [-0.2, 0) is 4.79 Å². The molecule has 1 atom stereocenters. The molecule has 122 valence electrons. The van der Waals surface area contributed by atoms with Crippen LogP contribution in [0.3, 0.4) is 0 Å². The van der Waals surface area contributed by atoms with Gasteiger partial charge in [0.25, 0.3) is 11.8 Å². The third-order valence-electron chi connectivity index (χ3n) is 4.66. The Morgan fingerprint density at radius 3 is 2.74 bits per heavy atom. The molecule has 3 amide bonds. The second-order valence-electron chi connectivity index (χ2n) is 6.00. The third-order valence-corrected chi connectivity index (χ3v) is 4.66. The van der Waals surface area contributed by atoms with E-state index in [1.165, 1.54) is 12.1 Å². The summed E-state index contributed by atoms with van der Waals surface area (Å²) in [5, 5.41) is 0. The lowest BCUT2D eigenvalue weighted by atomic mass is 10.00. The molecular formula is C17H19FN2O3. The predicted octanol–water partition coefficient (Wildman–Crippen LogP) is 2.21. The number of benzene rings is 1. The largest absolute Gasteiger partial charge is 0.338 e. The first-order valence-corrected chi connectivity index (χ1v) is 7.98. The van der Waals surface area contributed by atoms with E-state index >= 15 is 0 Å². The maximum atomic E-state index is 13.8. The number of rotatable bonds is 3. The van der Waals surface area contributed by atoms with Crippen LogP contribution >= 0.6 is 0 Å². The van der Waals surface area contributed by atoms with Gasteiger partial charge in [-0.05, 0) is 37.8 Å². The Kier molecular flexibility index (Phi) is 4.15. The van der Waals surface area contributed by atoms with E-state index in [0.29, 0.717) is 6.54 Å². The molecule has 23 heavy (non-hydrogen) atoms. The molecule has 1 fully saturated rings. The highest BCUT2D eigenvalue weighted by Crippen LogP contribution is 2.26. The second kappa shape index (κ2) is 6.10. The molecular weight excluding hydrogens is 299 g/mol. The van der Waals surface area contributed by atoms with Crippen molar-refractivity contribution in [2.45, 2.75) is 38.6 Å². The van der Waals surface area contributed by atoms with Crippen molar-refractivity contribution in [1.29, 1.82) is 0 Å². The predicted molar refractivity (Wildman–Crippen MR) is 81.4 cm³/mol. The summed E-state index contributed by atoms with van der Waals surface area (Å²) in [6, 6.07) is 4.11. The van der Waals surface area contributed by atoms with Crippen molar-refractivity contribution in [3.63, 3.8) is 0 Å².